The van der Waals surface area contributed by atoms with Crippen LogP contribution >= 0.6 is 0 Å². The largest absolute Gasteiger partial charge is 0.454 e. The van der Waals surface area contributed by atoms with Crippen LogP contribution in [0.2, 0.25) is 0 Å². The van der Waals surface area contributed by atoms with E-state index in [2.05, 4.69) is 5.32 Å². The number of esters is 1. The summed E-state index contributed by atoms with van der Waals surface area (Å²) in [7, 11) is 0. The molecule has 0 radical (unpaired) electrons. The Morgan fingerprint density at radius 2 is 1.93 bits per heavy atom. The van der Waals surface area contributed by atoms with Gasteiger partial charge in [-0.15, -0.1) is 0 Å². The summed E-state index contributed by atoms with van der Waals surface area (Å²) in [6, 6.07) is 1.89. The van der Waals surface area contributed by atoms with Gasteiger partial charge in [-0.1, -0.05) is 0 Å². The molecule has 0 unspecified atom stereocenters. The first kappa shape index (κ1) is 22.4. The number of nitro groups is 1. The molecule has 1 amide bonds. The average Bonchev–Trinajstić information content (AvgIpc) is 2.62. The maximum atomic E-state index is 12.7. The monoisotopic (exact) mass is 419 g/mol. The van der Waals surface area contributed by atoms with E-state index >= 15 is 0 Å². The van der Waals surface area contributed by atoms with E-state index < -0.39 is 47.4 Å². The lowest BCUT2D eigenvalue weighted by molar-refractivity contribution is -0.384. The number of alkyl halides is 3. The summed E-state index contributed by atoms with van der Waals surface area (Å²) in [6.07, 6.45) is -5.04. The average molecular weight is 419 g/mol. The van der Waals surface area contributed by atoms with E-state index in [-0.39, 0.29) is 17.9 Å². The van der Waals surface area contributed by atoms with Gasteiger partial charge < -0.3 is 19.7 Å². The van der Waals surface area contributed by atoms with Crippen molar-refractivity contribution in [3.63, 3.8) is 0 Å². The summed E-state index contributed by atoms with van der Waals surface area (Å²) < 4.78 is 48.4. The molecule has 0 spiro atoms. The van der Waals surface area contributed by atoms with Crippen LogP contribution in [0.25, 0.3) is 0 Å². The van der Waals surface area contributed by atoms with Crippen LogP contribution in [0.4, 0.5) is 24.5 Å². The zero-order valence-corrected chi connectivity index (χ0v) is 15.7. The number of nitrogens with zero attached hydrogens (tertiary/aromatic N) is 2. The number of carbonyl (C=O) groups is 2. The number of rotatable bonds is 6. The first-order chi connectivity index (χ1) is 13.5. The molecule has 1 N–H and O–H groups in total. The summed E-state index contributed by atoms with van der Waals surface area (Å²) in [5.74, 6) is -1.30. The van der Waals surface area contributed by atoms with Crippen LogP contribution < -0.4 is 5.32 Å². The zero-order chi connectivity index (χ0) is 21.8. The number of benzene rings is 1. The molecule has 1 aliphatic heterocycles. The highest BCUT2D eigenvalue weighted by atomic mass is 19.4. The van der Waals surface area contributed by atoms with Crippen molar-refractivity contribution in [1.82, 2.24) is 4.90 Å². The number of amides is 1. The number of anilines is 1. The van der Waals surface area contributed by atoms with Crippen LogP contribution in [0.3, 0.4) is 0 Å². The molecule has 1 aromatic carbocycles. The van der Waals surface area contributed by atoms with E-state index in [0.717, 1.165) is 6.07 Å². The molecule has 160 valence electrons. The molecule has 0 aliphatic carbocycles. The normalized spacial score (nSPS) is 19.6. The second-order valence-corrected chi connectivity index (χ2v) is 6.56. The van der Waals surface area contributed by atoms with E-state index in [9.17, 15) is 32.9 Å². The van der Waals surface area contributed by atoms with Crippen molar-refractivity contribution >= 4 is 23.3 Å². The summed E-state index contributed by atoms with van der Waals surface area (Å²) in [5, 5.41) is 13.4. The molecule has 1 saturated heterocycles. The maximum absolute atomic E-state index is 12.7. The van der Waals surface area contributed by atoms with Gasteiger partial charge in [-0.3, -0.25) is 19.7 Å². The van der Waals surface area contributed by atoms with Gasteiger partial charge in [-0.2, -0.15) is 13.2 Å². The number of morpholine rings is 1. The number of hydrogen-bond donors (Lipinski definition) is 1. The first-order valence-electron chi connectivity index (χ1n) is 8.65. The minimum Gasteiger partial charge on any atom is -0.454 e. The highest BCUT2D eigenvalue weighted by Crippen LogP contribution is 2.34. The molecule has 0 bridgehead atoms. The number of ether oxygens (including phenoxy) is 2. The molecular weight excluding hydrogens is 399 g/mol. The van der Waals surface area contributed by atoms with Crippen LogP contribution in [-0.4, -0.2) is 60.1 Å². The smallest absolute Gasteiger partial charge is 0.416 e. The Hall–Kier alpha value is -2.89. The molecule has 1 aliphatic rings. The molecule has 0 aromatic heterocycles. The molecule has 2 rings (SSSR count). The summed E-state index contributed by atoms with van der Waals surface area (Å²) in [6.45, 7) is 3.25. The van der Waals surface area contributed by atoms with Crippen LogP contribution in [0.5, 0.6) is 0 Å². The lowest BCUT2D eigenvalue weighted by Crippen LogP contribution is -2.49. The maximum Gasteiger partial charge on any atom is 0.416 e. The fraction of sp³-hybridized carbons (Fsp3) is 0.529. The Bertz CT molecular complexity index is 776. The number of halogens is 3. The fourth-order valence-corrected chi connectivity index (χ4v) is 2.84. The third-order valence-corrected chi connectivity index (χ3v) is 4.07. The Balaban J connectivity index is 1.90. The van der Waals surface area contributed by atoms with Gasteiger partial charge in [0.15, 0.2) is 6.61 Å². The summed E-state index contributed by atoms with van der Waals surface area (Å²) in [4.78, 5) is 35.4. The summed E-state index contributed by atoms with van der Waals surface area (Å²) >= 11 is 0. The highest BCUT2D eigenvalue weighted by molar-refractivity contribution is 5.82. The van der Waals surface area contributed by atoms with Crippen LogP contribution in [0, 0.1) is 10.1 Å². The Morgan fingerprint density at radius 1 is 1.31 bits per heavy atom. The van der Waals surface area contributed by atoms with Gasteiger partial charge in [0.1, 0.15) is 12.2 Å². The lowest BCUT2D eigenvalue weighted by atomic mass is 10.1. The predicted molar refractivity (Wildman–Crippen MR) is 94.1 cm³/mol. The topological polar surface area (TPSA) is 111 Å². The minimum absolute atomic E-state index is 0.153. The number of nitrogens with one attached hydrogen (secondary N) is 1. The van der Waals surface area contributed by atoms with Gasteiger partial charge in [0.05, 0.1) is 22.7 Å². The summed E-state index contributed by atoms with van der Waals surface area (Å²) in [5.41, 5.74) is -2.29. The van der Waals surface area contributed by atoms with Gasteiger partial charge in [-0.05, 0) is 26.0 Å². The van der Waals surface area contributed by atoms with E-state index in [1.807, 2.05) is 13.8 Å². The molecule has 2 atom stereocenters. The molecule has 1 aromatic rings. The van der Waals surface area contributed by atoms with E-state index in [1.165, 1.54) is 4.90 Å². The quantitative estimate of drug-likeness (QED) is 0.428. The molecule has 29 heavy (non-hydrogen) atoms. The van der Waals surface area contributed by atoms with Gasteiger partial charge in [-0.25, -0.2) is 0 Å². The molecule has 1 heterocycles. The molecule has 1 fully saturated rings. The van der Waals surface area contributed by atoms with Crippen molar-refractivity contribution in [1.29, 1.82) is 0 Å². The molecule has 12 heteroatoms. The first-order valence-corrected chi connectivity index (χ1v) is 8.65. The Kier molecular flexibility index (Phi) is 7.01. The Morgan fingerprint density at radius 3 is 2.48 bits per heavy atom. The van der Waals surface area contributed by atoms with Gasteiger partial charge >= 0.3 is 12.1 Å². The van der Waals surface area contributed by atoms with Crippen LogP contribution in [0.15, 0.2) is 18.2 Å². The Labute approximate surface area is 163 Å². The van der Waals surface area contributed by atoms with Crippen molar-refractivity contribution < 1.29 is 37.2 Å². The molecule has 9 nitrogen and oxygen atoms in total. The third kappa shape index (κ3) is 6.31. The number of nitro benzene ring substituents is 1. The van der Waals surface area contributed by atoms with E-state index in [1.54, 1.807) is 0 Å². The number of hydrogen-bond acceptors (Lipinski definition) is 7. The van der Waals surface area contributed by atoms with Gasteiger partial charge in [0.25, 0.3) is 11.6 Å². The fourth-order valence-electron chi connectivity index (χ4n) is 2.84. The highest BCUT2D eigenvalue weighted by Gasteiger charge is 2.33. The minimum atomic E-state index is -4.74. The lowest BCUT2D eigenvalue weighted by Gasteiger charge is -2.35. The SMILES string of the molecule is C[C@@H]1CN(C(=O)COC(=O)CNc2ccc(C(F)(F)F)cc2[N+](=O)[O-])C[C@H](C)O1. The van der Waals surface area contributed by atoms with Crippen LogP contribution in [-0.2, 0) is 25.2 Å². The predicted octanol–water partition coefficient (Wildman–Crippen LogP) is 2.20. The third-order valence-electron chi connectivity index (χ3n) is 4.07. The van der Waals surface area contributed by atoms with Crippen molar-refractivity contribution in [2.75, 3.05) is 31.6 Å². The van der Waals surface area contributed by atoms with E-state index in [0.29, 0.717) is 25.2 Å². The van der Waals surface area contributed by atoms with Crippen molar-refractivity contribution in [3.05, 3.63) is 33.9 Å². The van der Waals surface area contributed by atoms with Gasteiger partial charge in [0, 0.05) is 19.2 Å². The van der Waals surface area contributed by atoms with E-state index in [4.69, 9.17) is 9.47 Å². The second-order valence-electron chi connectivity index (χ2n) is 6.56. The van der Waals surface area contributed by atoms with Crippen LogP contribution in [0.1, 0.15) is 19.4 Å². The molecule has 0 saturated carbocycles. The second kappa shape index (κ2) is 9.07. The van der Waals surface area contributed by atoms with Crippen molar-refractivity contribution in [2.24, 2.45) is 0 Å². The van der Waals surface area contributed by atoms with Crippen molar-refractivity contribution in [2.45, 2.75) is 32.2 Å². The van der Waals surface area contributed by atoms with Crippen molar-refractivity contribution in [3.8, 4) is 0 Å². The zero-order valence-electron chi connectivity index (χ0n) is 15.7. The van der Waals surface area contributed by atoms with Gasteiger partial charge in [0.2, 0.25) is 0 Å². The number of carbonyl (C=O) groups excluding carboxylic acids is 2. The molecular formula is C17H20F3N3O6. The standard InChI is InChI=1S/C17H20F3N3O6/c1-10-7-22(8-11(2)29-10)15(24)9-28-16(25)6-21-13-4-3-12(17(18,19)20)5-14(13)23(26)27/h3-5,10-11,21H,6-9H2,1-2H3/t10-,11+.